The monoisotopic (exact) mass is 161 g/mol. The molecule has 0 fully saturated rings. The lowest BCUT2D eigenvalue weighted by Crippen LogP contribution is -1.89. The fourth-order valence-corrected chi connectivity index (χ4v) is 1.06. The molecule has 0 aliphatic rings. The molecule has 0 amide bonds. The van der Waals surface area contributed by atoms with Gasteiger partial charge in [-0.1, -0.05) is 32.1 Å². The van der Waals surface area contributed by atoms with Gasteiger partial charge in [0.15, 0.2) is 0 Å². The summed E-state index contributed by atoms with van der Waals surface area (Å²) in [6, 6.07) is 4.14. The Hall–Kier alpha value is -1.11. The van der Waals surface area contributed by atoms with Gasteiger partial charge in [0.1, 0.15) is 0 Å². The molecule has 1 aromatic rings. The van der Waals surface area contributed by atoms with E-state index in [-0.39, 0.29) is 0 Å². The van der Waals surface area contributed by atoms with Crippen molar-refractivity contribution in [2.24, 2.45) is 0 Å². The normalized spacial score (nSPS) is 9.75. The molecule has 1 heterocycles. The Kier molecular flexibility index (Phi) is 3.52. The molecule has 0 aromatic carbocycles. The number of hydrogen-bond acceptors (Lipinski definition) is 1. The predicted octanol–water partition coefficient (Wildman–Crippen LogP) is 3.07. The first-order chi connectivity index (χ1) is 5.86. The summed E-state index contributed by atoms with van der Waals surface area (Å²) >= 11 is 0. The lowest BCUT2D eigenvalue weighted by Gasteiger charge is -1.98. The van der Waals surface area contributed by atoms with Crippen molar-refractivity contribution < 1.29 is 0 Å². The molecule has 0 unspecified atom stereocenters. The van der Waals surface area contributed by atoms with Crippen molar-refractivity contribution in [3.63, 3.8) is 0 Å². The summed E-state index contributed by atoms with van der Waals surface area (Å²) in [6.07, 6.45) is 7.23. The molecule has 12 heavy (non-hydrogen) atoms. The molecule has 0 spiro atoms. The topological polar surface area (TPSA) is 12.9 Å². The van der Waals surface area contributed by atoms with Crippen LogP contribution in [-0.2, 0) is 6.42 Å². The first-order valence-corrected chi connectivity index (χ1v) is 4.44. The Morgan fingerprint density at radius 1 is 1.50 bits per heavy atom. The van der Waals surface area contributed by atoms with Crippen molar-refractivity contribution in [3.8, 4) is 0 Å². The number of unbranched alkanes of at least 4 members (excludes halogenated alkanes) is 1. The van der Waals surface area contributed by atoms with Crippen LogP contribution >= 0.6 is 0 Å². The molecular weight excluding hydrogens is 146 g/mol. The molecule has 1 rings (SSSR count). The molecule has 0 aliphatic heterocycles. The molecule has 0 saturated heterocycles. The van der Waals surface area contributed by atoms with E-state index in [1.807, 2.05) is 12.3 Å². The lowest BCUT2D eigenvalue weighted by atomic mass is 10.1. The van der Waals surface area contributed by atoms with Crippen molar-refractivity contribution >= 4 is 6.08 Å². The second-order valence-corrected chi connectivity index (χ2v) is 2.89. The zero-order valence-corrected chi connectivity index (χ0v) is 7.59. The summed E-state index contributed by atoms with van der Waals surface area (Å²) in [7, 11) is 0. The van der Waals surface area contributed by atoms with Crippen LogP contribution in [0, 0.1) is 0 Å². The highest BCUT2D eigenvalue weighted by molar-refractivity contribution is 5.44. The van der Waals surface area contributed by atoms with Crippen molar-refractivity contribution in [2.75, 3.05) is 0 Å². The Labute approximate surface area is 74.2 Å². The minimum absolute atomic E-state index is 1.09. The van der Waals surface area contributed by atoms with Gasteiger partial charge in [0.2, 0.25) is 0 Å². The molecule has 0 radical (unpaired) electrons. The summed E-state index contributed by atoms with van der Waals surface area (Å²) < 4.78 is 0. The largest absolute Gasteiger partial charge is 0.261 e. The Morgan fingerprint density at radius 3 is 2.83 bits per heavy atom. The van der Waals surface area contributed by atoms with Crippen molar-refractivity contribution in [3.05, 3.63) is 36.2 Å². The Morgan fingerprint density at radius 2 is 2.33 bits per heavy atom. The Bertz CT molecular complexity index is 236. The van der Waals surface area contributed by atoms with E-state index in [4.69, 9.17) is 0 Å². The van der Waals surface area contributed by atoms with Crippen LogP contribution < -0.4 is 0 Å². The predicted molar refractivity (Wildman–Crippen MR) is 52.9 cm³/mol. The van der Waals surface area contributed by atoms with Crippen molar-refractivity contribution in [1.82, 2.24) is 4.98 Å². The van der Waals surface area contributed by atoms with Gasteiger partial charge in [0.25, 0.3) is 0 Å². The van der Waals surface area contributed by atoms with E-state index in [9.17, 15) is 0 Å². The summed E-state index contributed by atoms with van der Waals surface area (Å²) in [5, 5.41) is 0. The zero-order chi connectivity index (χ0) is 8.81. The first-order valence-electron chi connectivity index (χ1n) is 4.44. The van der Waals surface area contributed by atoms with Gasteiger partial charge in [0.05, 0.1) is 0 Å². The van der Waals surface area contributed by atoms with Crippen LogP contribution in [0.3, 0.4) is 0 Å². The van der Waals surface area contributed by atoms with Gasteiger partial charge in [-0.3, -0.25) is 4.98 Å². The van der Waals surface area contributed by atoms with E-state index < -0.39 is 0 Å². The van der Waals surface area contributed by atoms with Gasteiger partial charge in [-0.25, -0.2) is 0 Å². The highest BCUT2D eigenvalue weighted by Gasteiger charge is 1.92. The summed E-state index contributed by atoms with van der Waals surface area (Å²) in [4.78, 5) is 4.32. The average molecular weight is 161 g/mol. The SMILES string of the molecule is C=Cc1ccc(CCCC)nc1. The fourth-order valence-electron chi connectivity index (χ4n) is 1.06. The fraction of sp³-hybridized carbons (Fsp3) is 0.364. The minimum atomic E-state index is 1.09. The van der Waals surface area contributed by atoms with Crippen molar-refractivity contribution in [1.29, 1.82) is 0 Å². The second kappa shape index (κ2) is 4.70. The molecule has 0 atom stereocenters. The van der Waals surface area contributed by atoms with Crippen LogP contribution in [0.1, 0.15) is 31.0 Å². The van der Waals surface area contributed by atoms with E-state index in [1.165, 1.54) is 18.5 Å². The van der Waals surface area contributed by atoms with Crippen LogP contribution in [0.2, 0.25) is 0 Å². The van der Waals surface area contributed by atoms with Crippen molar-refractivity contribution in [2.45, 2.75) is 26.2 Å². The summed E-state index contributed by atoms with van der Waals surface area (Å²) in [5.74, 6) is 0. The van der Waals surface area contributed by atoms with Gasteiger partial charge in [-0.05, 0) is 24.5 Å². The minimum Gasteiger partial charge on any atom is -0.261 e. The highest BCUT2D eigenvalue weighted by atomic mass is 14.7. The zero-order valence-electron chi connectivity index (χ0n) is 7.59. The number of hydrogen-bond donors (Lipinski definition) is 0. The quantitative estimate of drug-likeness (QED) is 0.661. The first kappa shape index (κ1) is 8.98. The second-order valence-electron chi connectivity index (χ2n) is 2.89. The lowest BCUT2D eigenvalue weighted by molar-refractivity contribution is 0.776. The molecule has 1 heteroatoms. The van der Waals surface area contributed by atoms with Crippen LogP contribution in [0.5, 0.6) is 0 Å². The van der Waals surface area contributed by atoms with Crippen LogP contribution in [0.4, 0.5) is 0 Å². The third-order valence-corrected chi connectivity index (χ3v) is 1.87. The van der Waals surface area contributed by atoms with E-state index in [0.29, 0.717) is 0 Å². The van der Waals surface area contributed by atoms with Gasteiger partial charge in [-0.15, -0.1) is 0 Å². The maximum absolute atomic E-state index is 4.32. The van der Waals surface area contributed by atoms with Gasteiger partial charge in [0, 0.05) is 11.9 Å². The number of nitrogens with zero attached hydrogens (tertiary/aromatic N) is 1. The van der Waals surface area contributed by atoms with E-state index in [0.717, 1.165) is 12.0 Å². The standard InChI is InChI=1S/C11H15N/c1-3-5-6-11-8-7-10(4-2)9-12-11/h4,7-9H,2-3,5-6H2,1H3. The van der Waals surface area contributed by atoms with Crippen LogP contribution in [0.15, 0.2) is 24.9 Å². The Balaban J connectivity index is 2.58. The van der Waals surface area contributed by atoms with E-state index in [1.54, 1.807) is 0 Å². The number of rotatable bonds is 4. The maximum Gasteiger partial charge on any atom is 0.0404 e. The molecule has 1 nitrogen and oxygen atoms in total. The third kappa shape index (κ3) is 2.50. The molecule has 1 aromatic heterocycles. The number of aryl methyl sites for hydroxylation is 1. The van der Waals surface area contributed by atoms with Gasteiger partial charge in [-0.2, -0.15) is 0 Å². The molecule has 0 N–H and O–H groups in total. The van der Waals surface area contributed by atoms with Crippen LogP contribution in [-0.4, -0.2) is 4.98 Å². The van der Waals surface area contributed by atoms with E-state index >= 15 is 0 Å². The third-order valence-electron chi connectivity index (χ3n) is 1.87. The average Bonchev–Trinajstić information content (AvgIpc) is 2.15. The van der Waals surface area contributed by atoms with Gasteiger partial charge < -0.3 is 0 Å². The van der Waals surface area contributed by atoms with E-state index in [2.05, 4.69) is 30.6 Å². The molecule has 0 saturated carbocycles. The smallest absolute Gasteiger partial charge is 0.0404 e. The van der Waals surface area contributed by atoms with Crippen LogP contribution in [0.25, 0.3) is 6.08 Å². The summed E-state index contributed by atoms with van der Waals surface area (Å²) in [5.41, 5.74) is 2.28. The van der Waals surface area contributed by atoms with Gasteiger partial charge >= 0.3 is 0 Å². The number of pyridine rings is 1. The molecular formula is C11H15N. The number of aromatic nitrogens is 1. The highest BCUT2D eigenvalue weighted by Crippen LogP contribution is 2.04. The maximum atomic E-state index is 4.32. The molecule has 0 bridgehead atoms. The molecule has 64 valence electrons. The molecule has 0 aliphatic carbocycles. The summed E-state index contributed by atoms with van der Waals surface area (Å²) in [6.45, 7) is 5.88.